The smallest absolute Gasteiger partial charge is 0.264 e. The summed E-state index contributed by atoms with van der Waals surface area (Å²) in [5, 5.41) is 0. The highest BCUT2D eigenvalue weighted by molar-refractivity contribution is 7.91. The summed E-state index contributed by atoms with van der Waals surface area (Å²) in [5.41, 5.74) is -0.558. The van der Waals surface area contributed by atoms with Gasteiger partial charge in [-0.2, -0.15) is 21.6 Å². The Morgan fingerprint density at radius 3 is 2.30 bits per heavy atom. The van der Waals surface area contributed by atoms with Crippen molar-refractivity contribution in [1.29, 1.82) is 0 Å². The molecule has 1 heterocycles. The number of alkyl halides is 3. The predicted molar refractivity (Wildman–Crippen MR) is 101 cm³/mol. The molecular weight excluding hydrogens is 498 g/mol. The van der Waals surface area contributed by atoms with Crippen LogP contribution in [0.3, 0.4) is 0 Å². The summed E-state index contributed by atoms with van der Waals surface area (Å²) in [6.07, 6.45) is -5.15. The van der Waals surface area contributed by atoms with Gasteiger partial charge in [0.15, 0.2) is 0 Å². The van der Waals surface area contributed by atoms with E-state index in [4.69, 9.17) is 16.2 Å². The molecule has 0 saturated carbocycles. The molecule has 2 N–H and O–H groups in total. The van der Waals surface area contributed by atoms with Crippen LogP contribution in [0.15, 0.2) is 34.5 Å². The molecule has 0 spiro atoms. The van der Waals surface area contributed by atoms with Gasteiger partial charge in [-0.1, -0.05) is 17.7 Å². The van der Waals surface area contributed by atoms with Gasteiger partial charge in [0, 0.05) is 0 Å². The standard InChI is InChI=1S/C15H14ClF4NO6S3/c1-8-4-9(6-10(17)5-8)14(15(18,19)20)11(7-27-30(24,25)26)21-29(22,23)13-3-2-12(16)28-13/h2-6,11,14,21H,7H2,1H3,(H,24,25,26)/t11-,14-/m1/s1. The first-order chi connectivity index (χ1) is 13.6. The summed E-state index contributed by atoms with van der Waals surface area (Å²) in [5.74, 6) is -3.72. The molecule has 1 aromatic carbocycles. The lowest BCUT2D eigenvalue weighted by Gasteiger charge is -2.29. The third-order valence-corrected chi connectivity index (χ3v) is 7.34. The lowest BCUT2D eigenvalue weighted by Crippen LogP contribution is -2.47. The van der Waals surface area contributed by atoms with Gasteiger partial charge in [-0.3, -0.25) is 4.55 Å². The zero-order valence-electron chi connectivity index (χ0n) is 14.9. The third kappa shape index (κ3) is 6.87. The van der Waals surface area contributed by atoms with Gasteiger partial charge in [0.05, 0.1) is 22.9 Å². The molecule has 30 heavy (non-hydrogen) atoms. The van der Waals surface area contributed by atoms with E-state index in [0.717, 1.165) is 18.2 Å². The van der Waals surface area contributed by atoms with Crippen molar-refractivity contribution < 1.29 is 43.1 Å². The van der Waals surface area contributed by atoms with E-state index in [1.54, 1.807) is 4.72 Å². The fourth-order valence-corrected chi connectivity index (χ4v) is 5.70. The van der Waals surface area contributed by atoms with Crippen LogP contribution in [-0.2, 0) is 24.6 Å². The molecule has 0 radical (unpaired) electrons. The van der Waals surface area contributed by atoms with Crippen molar-refractivity contribution in [2.24, 2.45) is 0 Å². The summed E-state index contributed by atoms with van der Waals surface area (Å²) < 4.78 is 116. The van der Waals surface area contributed by atoms with Crippen molar-refractivity contribution in [3.8, 4) is 0 Å². The number of benzene rings is 1. The molecule has 0 bridgehead atoms. The highest BCUT2D eigenvalue weighted by atomic mass is 35.5. The Hall–Kier alpha value is -1.29. The van der Waals surface area contributed by atoms with Crippen LogP contribution in [0.2, 0.25) is 4.34 Å². The Labute approximate surface area is 178 Å². The topological polar surface area (TPSA) is 110 Å². The van der Waals surface area contributed by atoms with Crippen LogP contribution in [0, 0.1) is 12.7 Å². The number of thiophene rings is 1. The van der Waals surface area contributed by atoms with Crippen LogP contribution in [0.5, 0.6) is 0 Å². The van der Waals surface area contributed by atoms with E-state index < -0.39 is 60.8 Å². The molecule has 2 rings (SSSR count). The second-order valence-corrected chi connectivity index (χ2v) is 10.8. The summed E-state index contributed by atoms with van der Waals surface area (Å²) in [4.78, 5) is 0. The van der Waals surface area contributed by atoms with Gasteiger partial charge in [0.25, 0.3) is 0 Å². The summed E-state index contributed by atoms with van der Waals surface area (Å²) >= 11 is 6.20. The molecule has 1 aromatic heterocycles. The van der Waals surface area contributed by atoms with Crippen LogP contribution in [0.4, 0.5) is 17.6 Å². The van der Waals surface area contributed by atoms with Gasteiger partial charge in [0.2, 0.25) is 10.0 Å². The number of nitrogens with one attached hydrogen (secondary N) is 1. The molecule has 7 nitrogen and oxygen atoms in total. The fourth-order valence-electron chi connectivity index (χ4n) is 2.65. The number of sulfonamides is 1. The minimum atomic E-state index is -5.21. The van der Waals surface area contributed by atoms with E-state index in [1.165, 1.54) is 13.0 Å². The first kappa shape index (κ1) is 25.0. The fraction of sp³-hybridized carbons (Fsp3) is 0.333. The van der Waals surface area contributed by atoms with Crippen molar-refractivity contribution in [1.82, 2.24) is 4.72 Å². The highest BCUT2D eigenvalue weighted by Gasteiger charge is 2.48. The number of halogens is 5. The zero-order chi connectivity index (χ0) is 22.9. The maximum atomic E-state index is 13.9. The average molecular weight is 512 g/mol. The normalized spacial score (nSPS) is 15.2. The Morgan fingerprint density at radius 2 is 1.83 bits per heavy atom. The minimum absolute atomic E-state index is 0.0363. The van der Waals surface area contributed by atoms with Crippen LogP contribution in [-0.4, -0.2) is 40.2 Å². The van der Waals surface area contributed by atoms with E-state index in [9.17, 15) is 34.4 Å². The third-order valence-electron chi connectivity index (χ3n) is 3.70. The molecular formula is C15H14ClF4NO6S3. The number of rotatable bonds is 8. The SMILES string of the molecule is Cc1cc(F)cc([C@H]([C@@H](COS(=O)(=O)O)NS(=O)(=O)c2ccc(Cl)s2)C(F)(F)F)c1. The molecule has 168 valence electrons. The zero-order valence-corrected chi connectivity index (χ0v) is 18.1. The van der Waals surface area contributed by atoms with E-state index >= 15 is 0 Å². The van der Waals surface area contributed by atoms with E-state index in [1.807, 2.05) is 0 Å². The van der Waals surface area contributed by atoms with Crippen LogP contribution >= 0.6 is 22.9 Å². The van der Waals surface area contributed by atoms with Crippen LogP contribution in [0.1, 0.15) is 17.0 Å². The van der Waals surface area contributed by atoms with E-state index in [2.05, 4.69) is 4.18 Å². The number of aryl methyl sites for hydroxylation is 1. The lowest BCUT2D eigenvalue weighted by molar-refractivity contribution is -0.157. The first-order valence-corrected chi connectivity index (χ1v) is 11.9. The quantitative estimate of drug-likeness (QED) is 0.413. The highest BCUT2D eigenvalue weighted by Crippen LogP contribution is 2.39. The van der Waals surface area contributed by atoms with Crippen molar-refractivity contribution in [2.45, 2.75) is 29.3 Å². The van der Waals surface area contributed by atoms with E-state index in [0.29, 0.717) is 17.4 Å². The summed E-state index contributed by atoms with van der Waals surface area (Å²) in [7, 11) is -9.81. The molecule has 0 amide bonds. The van der Waals surface area contributed by atoms with Crippen molar-refractivity contribution in [2.75, 3.05) is 6.61 Å². The predicted octanol–water partition coefficient (Wildman–Crippen LogP) is 3.66. The molecule has 0 fully saturated rings. The Balaban J connectivity index is 2.55. The van der Waals surface area contributed by atoms with Crippen LogP contribution in [0.25, 0.3) is 0 Å². The van der Waals surface area contributed by atoms with Gasteiger partial charge >= 0.3 is 16.6 Å². The van der Waals surface area contributed by atoms with Gasteiger partial charge in [-0.15, -0.1) is 11.3 Å². The monoisotopic (exact) mass is 511 g/mol. The van der Waals surface area contributed by atoms with Crippen LogP contribution < -0.4 is 4.72 Å². The van der Waals surface area contributed by atoms with Gasteiger partial charge in [-0.05, 0) is 42.3 Å². The minimum Gasteiger partial charge on any atom is -0.264 e. The largest absolute Gasteiger partial charge is 0.397 e. The van der Waals surface area contributed by atoms with Crippen molar-refractivity contribution in [3.05, 3.63) is 51.6 Å². The second kappa shape index (κ2) is 9.06. The van der Waals surface area contributed by atoms with Crippen molar-refractivity contribution >= 4 is 43.4 Å². The Bertz CT molecular complexity index is 1100. The lowest BCUT2D eigenvalue weighted by atomic mass is 9.90. The average Bonchev–Trinajstić information content (AvgIpc) is 2.97. The molecule has 0 unspecified atom stereocenters. The molecule has 15 heteroatoms. The van der Waals surface area contributed by atoms with Gasteiger partial charge in [-0.25, -0.2) is 21.7 Å². The Morgan fingerprint density at radius 1 is 1.20 bits per heavy atom. The summed E-state index contributed by atoms with van der Waals surface area (Å²) in [6, 6.07) is 2.42. The Kier molecular flexibility index (Phi) is 7.54. The molecule has 2 aromatic rings. The molecule has 0 aliphatic heterocycles. The van der Waals surface area contributed by atoms with Gasteiger partial charge in [0.1, 0.15) is 10.0 Å². The molecule has 0 aliphatic rings. The van der Waals surface area contributed by atoms with Crippen molar-refractivity contribution in [3.63, 3.8) is 0 Å². The molecule has 0 saturated heterocycles. The maximum absolute atomic E-state index is 13.9. The van der Waals surface area contributed by atoms with E-state index in [-0.39, 0.29) is 9.90 Å². The number of hydrogen-bond donors (Lipinski definition) is 2. The molecule has 0 aliphatic carbocycles. The maximum Gasteiger partial charge on any atom is 0.397 e. The summed E-state index contributed by atoms with van der Waals surface area (Å²) in [6.45, 7) is -0.0988. The number of hydrogen-bond acceptors (Lipinski definition) is 6. The first-order valence-electron chi connectivity index (χ1n) is 7.82. The van der Waals surface area contributed by atoms with Gasteiger partial charge < -0.3 is 0 Å². The molecule has 2 atom stereocenters. The second-order valence-electron chi connectivity index (χ2n) is 6.08.